The van der Waals surface area contributed by atoms with Crippen molar-refractivity contribution >= 4 is 40.9 Å². The Morgan fingerprint density at radius 2 is 1.63 bits per heavy atom. The van der Waals surface area contributed by atoms with E-state index in [0.717, 1.165) is 11.1 Å². The van der Waals surface area contributed by atoms with Gasteiger partial charge in [0.2, 0.25) is 0 Å². The highest BCUT2D eigenvalue weighted by Crippen LogP contribution is 2.37. The second-order valence-electron chi connectivity index (χ2n) is 7.73. The maximum absolute atomic E-state index is 12.6. The van der Waals surface area contributed by atoms with Gasteiger partial charge in [-0.15, -0.1) is 0 Å². The van der Waals surface area contributed by atoms with E-state index in [4.69, 9.17) is 21.1 Å². The van der Waals surface area contributed by atoms with Crippen molar-refractivity contribution in [2.45, 2.75) is 13.8 Å². The molecule has 3 aromatic rings. The molecule has 0 aliphatic heterocycles. The van der Waals surface area contributed by atoms with Crippen LogP contribution in [0.15, 0.2) is 66.2 Å². The van der Waals surface area contributed by atoms with E-state index in [1.807, 2.05) is 50.2 Å². The van der Waals surface area contributed by atoms with Crippen LogP contribution in [0, 0.1) is 25.2 Å². The van der Waals surface area contributed by atoms with Crippen LogP contribution in [0.5, 0.6) is 11.5 Å². The molecule has 35 heavy (non-hydrogen) atoms. The van der Waals surface area contributed by atoms with Gasteiger partial charge >= 0.3 is 0 Å². The van der Waals surface area contributed by atoms with Crippen molar-refractivity contribution in [1.82, 2.24) is 0 Å². The van der Waals surface area contributed by atoms with Crippen LogP contribution in [0.4, 0.5) is 11.4 Å². The second-order valence-corrected chi connectivity index (χ2v) is 8.14. The number of hydrogen-bond donors (Lipinski definition) is 2. The van der Waals surface area contributed by atoms with Gasteiger partial charge in [-0.25, -0.2) is 0 Å². The second kappa shape index (κ2) is 11.7. The topological polar surface area (TPSA) is 100 Å². The average Bonchev–Trinajstić information content (AvgIpc) is 2.81. The highest BCUT2D eigenvalue weighted by molar-refractivity contribution is 6.32. The van der Waals surface area contributed by atoms with Gasteiger partial charge in [0.1, 0.15) is 11.6 Å². The summed E-state index contributed by atoms with van der Waals surface area (Å²) >= 11 is 6.38. The Morgan fingerprint density at radius 3 is 2.20 bits per heavy atom. The molecule has 8 heteroatoms. The summed E-state index contributed by atoms with van der Waals surface area (Å²) in [6.07, 6.45) is 1.40. The predicted molar refractivity (Wildman–Crippen MR) is 137 cm³/mol. The van der Waals surface area contributed by atoms with Crippen molar-refractivity contribution in [1.29, 1.82) is 5.26 Å². The third kappa shape index (κ3) is 7.10. The van der Waals surface area contributed by atoms with E-state index in [9.17, 15) is 14.9 Å². The van der Waals surface area contributed by atoms with Crippen LogP contribution in [-0.2, 0) is 9.59 Å². The molecular weight excluding hydrogens is 466 g/mol. The summed E-state index contributed by atoms with van der Waals surface area (Å²) in [5.41, 5.74) is 3.58. The molecule has 0 saturated heterocycles. The summed E-state index contributed by atoms with van der Waals surface area (Å²) in [7, 11) is 1.43. The van der Waals surface area contributed by atoms with E-state index >= 15 is 0 Å². The summed E-state index contributed by atoms with van der Waals surface area (Å²) in [5, 5.41) is 15.1. The van der Waals surface area contributed by atoms with Gasteiger partial charge in [0.05, 0.1) is 12.1 Å². The quantitative estimate of drug-likeness (QED) is 0.320. The summed E-state index contributed by atoms with van der Waals surface area (Å²) in [4.78, 5) is 24.9. The van der Waals surface area contributed by atoms with Crippen molar-refractivity contribution in [2.75, 3.05) is 24.4 Å². The Balaban J connectivity index is 1.74. The van der Waals surface area contributed by atoms with Crippen molar-refractivity contribution in [3.8, 4) is 17.6 Å². The molecule has 3 aromatic carbocycles. The van der Waals surface area contributed by atoms with E-state index in [-0.39, 0.29) is 34.6 Å². The van der Waals surface area contributed by atoms with Crippen molar-refractivity contribution in [3.63, 3.8) is 0 Å². The first-order valence-corrected chi connectivity index (χ1v) is 11.0. The molecule has 0 heterocycles. The molecule has 0 unspecified atom stereocenters. The van der Waals surface area contributed by atoms with Crippen LogP contribution in [-0.4, -0.2) is 25.5 Å². The minimum Gasteiger partial charge on any atom is -0.493 e. The number of carbonyl (C=O) groups excluding carboxylic acids is 2. The van der Waals surface area contributed by atoms with Gasteiger partial charge in [0.15, 0.2) is 18.1 Å². The zero-order chi connectivity index (χ0) is 25.4. The van der Waals surface area contributed by atoms with E-state index in [2.05, 4.69) is 10.6 Å². The molecule has 0 fully saturated rings. The Hall–Kier alpha value is -4.28. The minimum atomic E-state index is -0.554. The highest BCUT2D eigenvalue weighted by Gasteiger charge is 2.16. The fourth-order valence-corrected chi connectivity index (χ4v) is 3.53. The lowest BCUT2D eigenvalue weighted by atomic mass is 10.1. The number of aryl methyl sites for hydroxylation is 2. The first kappa shape index (κ1) is 25.3. The summed E-state index contributed by atoms with van der Waals surface area (Å²) < 4.78 is 11.0. The smallest absolute Gasteiger partial charge is 0.266 e. The number of halogens is 1. The van der Waals surface area contributed by atoms with Gasteiger partial charge in [-0.1, -0.05) is 35.9 Å². The lowest BCUT2D eigenvalue weighted by Crippen LogP contribution is -2.20. The molecule has 0 radical (unpaired) electrons. The maximum atomic E-state index is 12.6. The number of methoxy groups -OCH3 is 1. The number of carbonyl (C=O) groups is 2. The number of hydrogen-bond acceptors (Lipinski definition) is 5. The summed E-state index contributed by atoms with van der Waals surface area (Å²) in [6, 6.07) is 19.6. The highest BCUT2D eigenvalue weighted by atomic mass is 35.5. The van der Waals surface area contributed by atoms with Gasteiger partial charge in [-0.05, 0) is 73.0 Å². The summed E-state index contributed by atoms with van der Waals surface area (Å²) in [5.74, 6) is -0.490. The largest absolute Gasteiger partial charge is 0.493 e. The molecule has 178 valence electrons. The molecule has 0 atom stereocenters. The van der Waals surface area contributed by atoms with Gasteiger partial charge in [-0.3, -0.25) is 9.59 Å². The number of benzene rings is 3. The molecule has 0 aliphatic carbocycles. The van der Waals surface area contributed by atoms with E-state index in [1.54, 1.807) is 24.3 Å². The molecule has 3 rings (SSSR count). The van der Waals surface area contributed by atoms with Crippen LogP contribution in [0.3, 0.4) is 0 Å². The monoisotopic (exact) mass is 489 g/mol. The number of ether oxygens (including phenoxy) is 2. The fraction of sp³-hybridized carbons (Fsp3) is 0.148. The normalized spacial score (nSPS) is 10.8. The molecule has 7 nitrogen and oxygen atoms in total. The summed E-state index contributed by atoms with van der Waals surface area (Å²) in [6.45, 7) is 3.54. The minimum absolute atomic E-state index is 0.115. The molecule has 0 aromatic heterocycles. The van der Waals surface area contributed by atoms with E-state index in [0.29, 0.717) is 16.9 Å². The lowest BCUT2D eigenvalue weighted by molar-refractivity contribution is -0.118. The SMILES string of the molecule is COc1cc(/C=C(\C#N)C(=O)Nc2cccc(C)c2)cc(Cl)c1OCC(=O)Nc1cccc(C)c1. The molecule has 0 bridgehead atoms. The number of nitrogens with one attached hydrogen (secondary N) is 2. The Bertz CT molecular complexity index is 1330. The number of nitrogens with zero attached hydrogens (tertiary/aromatic N) is 1. The molecule has 0 aliphatic rings. The maximum Gasteiger partial charge on any atom is 0.266 e. The van der Waals surface area contributed by atoms with Crippen LogP contribution in [0.1, 0.15) is 16.7 Å². The third-order valence-electron chi connectivity index (χ3n) is 4.85. The van der Waals surface area contributed by atoms with Gasteiger partial charge < -0.3 is 20.1 Å². The molecule has 0 saturated carbocycles. The van der Waals surface area contributed by atoms with Crippen LogP contribution in [0.25, 0.3) is 6.08 Å². The fourth-order valence-electron chi connectivity index (χ4n) is 3.26. The number of amides is 2. The first-order chi connectivity index (χ1) is 16.8. The predicted octanol–water partition coefficient (Wildman–Crippen LogP) is 5.53. The zero-order valence-electron chi connectivity index (χ0n) is 19.5. The molecule has 2 amide bonds. The first-order valence-electron chi connectivity index (χ1n) is 10.7. The lowest BCUT2D eigenvalue weighted by Gasteiger charge is -2.14. The van der Waals surface area contributed by atoms with E-state index in [1.165, 1.54) is 19.3 Å². The number of nitriles is 1. The Kier molecular flexibility index (Phi) is 8.49. The molecule has 0 spiro atoms. The van der Waals surface area contributed by atoms with Crippen LogP contribution >= 0.6 is 11.6 Å². The zero-order valence-corrected chi connectivity index (χ0v) is 20.3. The number of anilines is 2. The Labute approximate surface area is 208 Å². The van der Waals surface area contributed by atoms with Gasteiger partial charge in [0.25, 0.3) is 11.8 Å². The Morgan fingerprint density at radius 1 is 1.00 bits per heavy atom. The van der Waals surface area contributed by atoms with Crippen molar-refractivity contribution in [3.05, 3.63) is 87.9 Å². The van der Waals surface area contributed by atoms with Gasteiger partial charge in [0, 0.05) is 11.4 Å². The molecule has 2 N–H and O–H groups in total. The average molecular weight is 490 g/mol. The van der Waals surface area contributed by atoms with Crippen molar-refractivity contribution < 1.29 is 19.1 Å². The third-order valence-corrected chi connectivity index (χ3v) is 5.13. The van der Waals surface area contributed by atoms with Crippen LogP contribution in [0.2, 0.25) is 5.02 Å². The van der Waals surface area contributed by atoms with Gasteiger partial charge in [-0.2, -0.15) is 5.26 Å². The van der Waals surface area contributed by atoms with E-state index < -0.39 is 5.91 Å². The standard InChI is InChI=1S/C27H24ClN3O4/c1-17-6-4-8-21(10-17)30-25(32)16-35-26-23(28)13-19(14-24(26)34-3)12-20(15-29)27(33)31-22-9-5-7-18(2)11-22/h4-14H,16H2,1-3H3,(H,30,32)(H,31,33)/b20-12+. The molecular formula is C27H24ClN3O4. The van der Waals surface area contributed by atoms with Crippen molar-refractivity contribution in [2.24, 2.45) is 0 Å². The number of rotatable bonds is 8. The van der Waals surface area contributed by atoms with Crippen LogP contribution < -0.4 is 20.1 Å².